The van der Waals surface area contributed by atoms with E-state index in [1.54, 1.807) is 0 Å². The van der Waals surface area contributed by atoms with Crippen molar-refractivity contribution < 1.29 is 23.8 Å². The molecule has 18 heavy (non-hydrogen) atoms. The van der Waals surface area contributed by atoms with E-state index in [2.05, 4.69) is 10.1 Å². The number of carbonyl (C=O) groups is 2. The molecule has 0 fully saturated rings. The maximum atomic E-state index is 11.4. The highest BCUT2D eigenvalue weighted by Crippen LogP contribution is 2.35. The fourth-order valence-electron chi connectivity index (χ4n) is 1.22. The molecule has 0 saturated carbocycles. The van der Waals surface area contributed by atoms with Crippen molar-refractivity contribution in [3.05, 3.63) is 17.2 Å². The molecule has 1 aromatic carbocycles. The molecule has 0 bridgehead atoms. The maximum absolute atomic E-state index is 11.4. The third-order valence-corrected chi connectivity index (χ3v) is 2.39. The minimum absolute atomic E-state index is 0.258. The molecule has 0 aliphatic rings. The normalized spacial score (nSPS) is 9.56. The lowest BCUT2D eigenvalue weighted by molar-refractivity contribution is -0.150. The van der Waals surface area contributed by atoms with Gasteiger partial charge in [0, 0.05) is 12.1 Å². The van der Waals surface area contributed by atoms with Crippen molar-refractivity contribution in [1.82, 2.24) is 0 Å². The summed E-state index contributed by atoms with van der Waals surface area (Å²) in [7, 11) is 3.95. The molecule has 7 heteroatoms. The summed E-state index contributed by atoms with van der Waals surface area (Å²) in [5.74, 6) is -1.28. The standard InChI is InChI=1S/C11H12ClNO5/c1-16-8-5-7(9(17-2)4-6(8)12)13-10(14)11(15)18-3/h4-5H,1-3H3,(H,13,14). The van der Waals surface area contributed by atoms with Crippen LogP contribution in [0.15, 0.2) is 12.1 Å². The van der Waals surface area contributed by atoms with Crippen molar-refractivity contribution in [3.63, 3.8) is 0 Å². The first-order chi connectivity index (χ1) is 8.53. The number of esters is 1. The fraction of sp³-hybridized carbons (Fsp3) is 0.273. The second-order valence-corrected chi connectivity index (χ2v) is 3.54. The van der Waals surface area contributed by atoms with Gasteiger partial charge in [-0.25, -0.2) is 4.79 Å². The Morgan fingerprint density at radius 1 is 1.11 bits per heavy atom. The van der Waals surface area contributed by atoms with Gasteiger partial charge in [-0.15, -0.1) is 0 Å². The third-order valence-electron chi connectivity index (χ3n) is 2.09. The van der Waals surface area contributed by atoms with Crippen molar-refractivity contribution >= 4 is 29.2 Å². The lowest BCUT2D eigenvalue weighted by atomic mass is 10.2. The Kier molecular flexibility index (Phi) is 4.79. The Balaban J connectivity index is 3.07. The van der Waals surface area contributed by atoms with Crippen LogP contribution in [0.1, 0.15) is 0 Å². The smallest absolute Gasteiger partial charge is 0.396 e. The van der Waals surface area contributed by atoms with Crippen LogP contribution in [-0.4, -0.2) is 33.2 Å². The Hall–Kier alpha value is -1.95. The van der Waals surface area contributed by atoms with E-state index in [0.717, 1.165) is 7.11 Å². The van der Waals surface area contributed by atoms with Crippen LogP contribution in [-0.2, 0) is 14.3 Å². The summed E-state index contributed by atoms with van der Waals surface area (Å²) in [6.07, 6.45) is 0. The van der Waals surface area contributed by atoms with Gasteiger partial charge in [0.2, 0.25) is 0 Å². The first-order valence-corrected chi connectivity index (χ1v) is 5.22. The van der Waals surface area contributed by atoms with Crippen molar-refractivity contribution in [1.29, 1.82) is 0 Å². The molecule has 1 rings (SSSR count). The zero-order chi connectivity index (χ0) is 13.7. The fourth-order valence-corrected chi connectivity index (χ4v) is 1.45. The number of ether oxygens (including phenoxy) is 3. The highest BCUT2D eigenvalue weighted by Gasteiger charge is 2.17. The van der Waals surface area contributed by atoms with Gasteiger partial charge in [0.1, 0.15) is 11.5 Å². The Bertz CT molecular complexity index is 475. The van der Waals surface area contributed by atoms with E-state index >= 15 is 0 Å². The van der Waals surface area contributed by atoms with Crippen LogP contribution in [0.2, 0.25) is 5.02 Å². The molecule has 1 amide bonds. The number of carbonyl (C=O) groups excluding carboxylic acids is 2. The Morgan fingerprint density at radius 3 is 2.22 bits per heavy atom. The average molecular weight is 274 g/mol. The van der Waals surface area contributed by atoms with Crippen LogP contribution in [0.5, 0.6) is 11.5 Å². The number of methoxy groups -OCH3 is 3. The molecular formula is C11H12ClNO5. The van der Waals surface area contributed by atoms with Crippen LogP contribution < -0.4 is 14.8 Å². The SMILES string of the molecule is COC(=O)C(=O)Nc1cc(OC)c(Cl)cc1OC. The van der Waals surface area contributed by atoms with Gasteiger partial charge in [-0.2, -0.15) is 0 Å². The molecule has 6 nitrogen and oxygen atoms in total. The Morgan fingerprint density at radius 2 is 1.72 bits per heavy atom. The summed E-state index contributed by atoms with van der Waals surface area (Å²) in [6.45, 7) is 0. The largest absolute Gasteiger partial charge is 0.495 e. The molecule has 0 spiro atoms. The van der Waals surface area contributed by atoms with E-state index in [1.165, 1.54) is 26.4 Å². The van der Waals surface area contributed by atoms with Gasteiger partial charge < -0.3 is 19.5 Å². The van der Waals surface area contributed by atoms with Crippen LogP contribution in [0.25, 0.3) is 0 Å². The molecule has 1 aromatic rings. The zero-order valence-electron chi connectivity index (χ0n) is 10.1. The molecule has 0 atom stereocenters. The van der Waals surface area contributed by atoms with E-state index in [9.17, 15) is 9.59 Å². The van der Waals surface area contributed by atoms with Gasteiger partial charge in [0.25, 0.3) is 0 Å². The lowest BCUT2D eigenvalue weighted by Crippen LogP contribution is -2.24. The van der Waals surface area contributed by atoms with Gasteiger partial charge in [0.15, 0.2) is 0 Å². The number of amides is 1. The van der Waals surface area contributed by atoms with Crippen molar-refractivity contribution in [2.45, 2.75) is 0 Å². The van der Waals surface area contributed by atoms with Gasteiger partial charge in [0.05, 0.1) is 32.0 Å². The average Bonchev–Trinajstić information content (AvgIpc) is 2.38. The quantitative estimate of drug-likeness (QED) is 0.667. The number of benzene rings is 1. The first-order valence-electron chi connectivity index (χ1n) is 4.84. The van der Waals surface area contributed by atoms with E-state index in [0.29, 0.717) is 16.5 Å². The third kappa shape index (κ3) is 3.04. The van der Waals surface area contributed by atoms with E-state index in [-0.39, 0.29) is 5.69 Å². The van der Waals surface area contributed by atoms with Crippen molar-refractivity contribution in [2.24, 2.45) is 0 Å². The molecule has 0 unspecified atom stereocenters. The predicted octanol–water partition coefficient (Wildman–Crippen LogP) is 1.47. The molecule has 0 aliphatic heterocycles. The molecule has 0 heterocycles. The number of hydrogen-bond donors (Lipinski definition) is 1. The summed E-state index contributed by atoms with van der Waals surface area (Å²) in [5, 5.41) is 2.66. The highest BCUT2D eigenvalue weighted by molar-refractivity contribution is 6.37. The second kappa shape index (κ2) is 6.11. The van der Waals surface area contributed by atoms with E-state index in [4.69, 9.17) is 21.1 Å². The van der Waals surface area contributed by atoms with Crippen LogP contribution >= 0.6 is 11.6 Å². The molecular weight excluding hydrogens is 262 g/mol. The molecule has 98 valence electrons. The minimum Gasteiger partial charge on any atom is -0.495 e. The van der Waals surface area contributed by atoms with Gasteiger partial charge in [-0.3, -0.25) is 4.79 Å². The van der Waals surface area contributed by atoms with E-state index in [1.807, 2.05) is 0 Å². The molecule has 0 aliphatic carbocycles. The number of nitrogens with one attached hydrogen (secondary N) is 1. The summed E-state index contributed by atoms with van der Waals surface area (Å²) in [4.78, 5) is 22.4. The zero-order valence-corrected chi connectivity index (χ0v) is 10.8. The second-order valence-electron chi connectivity index (χ2n) is 3.13. The van der Waals surface area contributed by atoms with Crippen molar-refractivity contribution in [2.75, 3.05) is 26.6 Å². The Labute approximate surface area is 109 Å². The lowest BCUT2D eigenvalue weighted by Gasteiger charge is -2.12. The molecule has 0 aromatic heterocycles. The monoisotopic (exact) mass is 273 g/mol. The molecule has 0 saturated heterocycles. The topological polar surface area (TPSA) is 73.9 Å². The van der Waals surface area contributed by atoms with Crippen molar-refractivity contribution in [3.8, 4) is 11.5 Å². The van der Waals surface area contributed by atoms with Crippen LogP contribution in [0.3, 0.4) is 0 Å². The minimum atomic E-state index is -1.01. The molecule has 1 N–H and O–H groups in total. The van der Waals surface area contributed by atoms with Gasteiger partial charge in [-0.05, 0) is 0 Å². The number of rotatable bonds is 3. The predicted molar refractivity (Wildman–Crippen MR) is 65.2 cm³/mol. The molecule has 0 radical (unpaired) electrons. The van der Waals surface area contributed by atoms with Gasteiger partial charge >= 0.3 is 11.9 Å². The van der Waals surface area contributed by atoms with Crippen LogP contribution in [0, 0.1) is 0 Å². The summed E-state index contributed by atoms with van der Waals surface area (Å²) >= 11 is 5.90. The number of halogens is 1. The summed E-state index contributed by atoms with van der Waals surface area (Å²) in [6, 6.07) is 2.91. The maximum Gasteiger partial charge on any atom is 0.396 e. The summed E-state index contributed by atoms with van der Waals surface area (Å²) < 4.78 is 14.3. The van der Waals surface area contributed by atoms with Gasteiger partial charge in [-0.1, -0.05) is 11.6 Å². The number of anilines is 1. The van der Waals surface area contributed by atoms with Crippen LogP contribution in [0.4, 0.5) is 5.69 Å². The summed E-state index contributed by atoms with van der Waals surface area (Å²) in [5.41, 5.74) is 0.258. The van der Waals surface area contributed by atoms with E-state index < -0.39 is 11.9 Å². The number of hydrogen-bond acceptors (Lipinski definition) is 5. The highest BCUT2D eigenvalue weighted by atomic mass is 35.5. The first kappa shape index (κ1) is 14.1.